The lowest BCUT2D eigenvalue weighted by atomic mass is 9.93. The quantitative estimate of drug-likeness (QED) is 0.118. The van der Waals surface area contributed by atoms with Crippen molar-refractivity contribution >= 4 is 21.6 Å². The zero-order valence-corrected chi connectivity index (χ0v) is 24.7. The second-order valence-electron chi connectivity index (χ2n) is 11.1. The number of rotatable bonds is 15. The Kier molecular flexibility index (Phi) is 11.2. The largest absolute Gasteiger partial charge is 0.508 e. The maximum atomic E-state index is 12.5. The number of hydrogen-bond donors (Lipinski definition) is 6. The molecule has 0 aliphatic heterocycles. The van der Waals surface area contributed by atoms with Crippen LogP contribution in [0.1, 0.15) is 55.0 Å². The summed E-state index contributed by atoms with van der Waals surface area (Å²) in [5.41, 5.74) is 3.23. The van der Waals surface area contributed by atoms with Crippen LogP contribution >= 0.6 is 0 Å². The first-order valence-electron chi connectivity index (χ1n) is 13.7. The maximum Gasteiger partial charge on any atom is 0.229 e. The van der Waals surface area contributed by atoms with E-state index in [9.17, 15) is 28.5 Å². The Labute approximate surface area is 242 Å². The molecule has 3 aromatic rings. The Morgan fingerprint density at radius 2 is 1.63 bits per heavy atom. The average molecular weight is 584 g/mol. The Hall–Kier alpha value is -3.60. The van der Waals surface area contributed by atoms with E-state index in [4.69, 9.17) is 0 Å². The first-order chi connectivity index (χ1) is 19.3. The molecular weight excluding hydrogens is 542 g/mol. The maximum absolute atomic E-state index is 12.5. The molecule has 0 heterocycles. The van der Waals surface area contributed by atoms with Crippen LogP contribution < -0.4 is 15.4 Å². The number of aliphatic hydroxyl groups is 1. The number of benzene rings is 3. The molecule has 0 saturated carbocycles. The van der Waals surface area contributed by atoms with Gasteiger partial charge in [0.15, 0.2) is 0 Å². The minimum absolute atomic E-state index is 0.0123. The number of aliphatic hydroxyl groups excluding tert-OH is 1. The molecule has 3 aromatic carbocycles. The molecule has 1 amide bonds. The van der Waals surface area contributed by atoms with Gasteiger partial charge < -0.3 is 26.0 Å². The summed E-state index contributed by atoms with van der Waals surface area (Å²) in [4.78, 5) is 12.5. The van der Waals surface area contributed by atoms with Gasteiger partial charge in [-0.25, -0.2) is 8.42 Å². The van der Waals surface area contributed by atoms with Crippen LogP contribution in [0.2, 0.25) is 0 Å². The molecule has 0 aliphatic carbocycles. The predicted octanol–water partition coefficient (Wildman–Crippen LogP) is 3.80. The van der Waals surface area contributed by atoms with Gasteiger partial charge >= 0.3 is 0 Å². The molecule has 0 spiro atoms. The van der Waals surface area contributed by atoms with E-state index < -0.39 is 16.1 Å². The number of carbonyl (C=O) groups excluding carboxylic acids is 1. The molecule has 6 N–H and O–H groups in total. The van der Waals surface area contributed by atoms with Crippen LogP contribution in [-0.4, -0.2) is 54.5 Å². The number of nitrogens with one attached hydrogen (secondary N) is 3. The van der Waals surface area contributed by atoms with Crippen molar-refractivity contribution in [1.29, 1.82) is 0 Å². The Morgan fingerprint density at radius 3 is 2.34 bits per heavy atom. The number of β-amino-alcohol motifs (C(OH)–C–C–N with tert-alkyl or cyclic N) is 1. The molecule has 0 unspecified atom stereocenters. The SMILES string of the molecule is CC(C)(Cc1cccc(CC(=O)NCCCCc2ccc(O)cc2)c1)NC[C@@H](O)c1ccc(O)c(NS(C)(=O)=O)c1. The van der Waals surface area contributed by atoms with Crippen molar-refractivity contribution in [3.8, 4) is 11.5 Å². The number of amides is 1. The lowest BCUT2D eigenvalue weighted by molar-refractivity contribution is -0.120. The summed E-state index contributed by atoms with van der Waals surface area (Å²) >= 11 is 0. The number of phenols is 2. The van der Waals surface area contributed by atoms with Gasteiger partial charge in [0.25, 0.3) is 0 Å². The van der Waals surface area contributed by atoms with Gasteiger partial charge in [0.05, 0.1) is 24.5 Å². The smallest absolute Gasteiger partial charge is 0.229 e. The number of phenolic OH excluding ortho intramolecular Hbond substituents is 2. The Balaban J connectivity index is 1.45. The highest BCUT2D eigenvalue weighted by molar-refractivity contribution is 7.92. The van der Waals surface area contributed by atoms with E-state index in [2.05, 4.69) is 15.4 Å². The molecule has 0 bridgehead atoms. The third-order valence-electron chi connectivity index (χ3n) is 6.63. The van der Waals surface area contributed by atoms with Crippen molar-refractivity contribution in [2.75, 3.05) is 24.1 Å². The van der Waals surface area contributed by atoms with Gasteiger partial charge in [-0.1, -0.05) is 42.5 Å². The molecule has 0 aromatic heterocycles. The molecule has 10 heteroatoms. The molecule has 3 rings (SSSR count). The Bertz CT molecular complexity index is 1410. The number of aromatic hydroxyl groups is 2. The molecule has 222 valence electrons. The number of aryl methyl sites for hydroxylation is 1. The summed E-state index contributed by atoms with van der Waals surface area (Å²) in [6.45, 7) is 4.86. The highest BCUT2D eigenvalue weighted by atomic mass is 32.2. The second-order valence-corrected chi connectivity index (χ2v) is 12.8. The summed E-state index contributed by atoms with van der Waals surface area (Å²) < 4.78 is 25.3. The molecule has 1 atom stereocenters. The highest BCUT2D eigenvalue weighted by Gasteiger charge is 2.21. The van der Waals surface area contributed by atoms with Crippen LogP contribution in [-0.2, 0) is 34.1 Å². The van der Waals surface area contributed by atoms with Crippen molar-refractivity contribution in [2.24, 2.45) is 0 Å². The molecule has 0 fully saturated rings. The number of anilines is 1. The molecule has 0 saturated heterocycles. The summed E-state index contributed by atoms with van der Waals surface area (Å²) in [5.74, 6) is 0.0144. The van der Waals surface area contributed by atoms with E-state index in [1.807, 2.05) is 50.2 Å². The van der Waals surface area contributed by atoms with E-state index in [1.54, 1.807) is 18.2 Å². The number of sulfonamides is 1. The van der Waals surface area contributed by atoms with E-state index in [0.29, 0.717) is 24.9 Å². The fourth-order valence-electron chi connectivity index (χ4n) is 4.55. The van der Waals surface area contributed by atoms with Gasteiger partial charge in [-0.05, 0) is 86.1 Å². The van der Waals surface area contributed by atoms with Crippen molar-refractivity contribution in [1.82, 2.24) is 10.6 Å². The van der Waals surface area contributed by atoms with E-state index in [-0.39, 0.29) is 35.2 Å². The minimum atomic E-state index is -3.58. The fraction of sp³-hybridized carbons (Fsp3) is 0.387. The third-order valence-corrected chi connectivity index (χ3v) is 7.22. The molecule has 9 nitrogen and oxygen atoms in total. The Morgan fingerprint density at radius 1 is 0.927 bits per heavy atom. The van der Waals surface area contributed by atoms with Crippen LogP contribution in [0.25, 0.3) is 0 Å². The average Bonchev–Trinajstić information content (AvgIpc) is 2.88. The molecule has 0 radical (unpaired) electrons. The summed E-state index contributed by atoms with van der Waals surface area (Å²) in [6.07, 6.45) is 3.73. The van der Waals surface area contributed by atoms with Gasteiger partial charge in [0, 0.05) is 18.6 Å². The minimum Gasteiger partial charge on any atom is -0.508 e. The van der Waals surface area contributed by atoms with Crippen LogP contribution in [0.3, 0.4) is 0 Å². The zero-order valence-electron chi connectivity index (χ0n) is 23.9. The topological polar surface area (TPSA) is 148 Å². The fourth-order valence-corrected chi connectivity index (χ4v) is 5.11. The predicted molar refractivity (Wildman–Crippen MR) is 162 cm³/mol. The summed E-state index contributed by atoms with van der Waals surface area (Å²) in [5, 5.41) is 36.4. The van der Waals surface area contributed by atoms with E-state index in [1.165, 1.54) is 12.1 Å². The second kappa shape index (κ2) is 14.3. The van der Waals surface area contributed by atoms with Crippen LogP contribution in [0, 0.1) is 0 Å². The first kappa shape index (κ1) is 31.9. The van der Waals surface area contributed by atoms with Crippen molar-refractivity contribution in [2.45, 2.75) is 57.6 Å². The zero-order chi connectivity index (χ0) is 30.0. The van der Waals surface area contributed by atoms with Gasteiger partial charge in [-0.3, -0.25) is 9.52 Å². The molecule has 0 aliphatic rings. The third kappa shape index (κ3) is 11.4. The number of carbonyl (C=O) groups is 1. The molecule has 41 heavy (non-hydrogen) atoms. The first-order valence-corrected chi connectivity index (χ1v) is 15.5. The normalized spacial score (nSPS) is 12.6. The van der Waals surface area contributed by atoms with Gasteiger partial charge in [-0.2, -0.15) is 0 Å². The summed E-state index contributed by atoms with van der Waals surface area (Å²) in [7, 11) is -3.58. The van der Waals surface area contributed by atoms with Crippen molar-refractivity contribution in [3.63, 3.8) is 0 Å². The van der Waals surface area contributed by atoms with E-state index >= 15 is 0 Å². The van der Waals surface area contributed by atoms with Gasteiger partial charge in [0.2, 0.25) is 15.9 Å². The standard InChI is InChI=1S/C31H41N3O6S/c1-31(2,33-21-29(37)25-12-15-28(36)27(19-25)34-41(3,39)40)20-24-9-6-8-23(17-24)18-30(38)32-16-5-4-7-22-10-13-26(35)14-11-22/h6,8-15,17,19,29,33-37H,4-5,7,16,18,20-21H2,1-3H3,(H,32,38)/t29-/m1/s1. The van der Waals surface area contributed by atoms with E-state index in [0.717, 1.165) is 42.2 Å². The van der Waals surface area contributed by atoms with Crippen LogP contribution in [0.15, 0.2) is 66.7 Å². The van der Waals surface area contributed by atoms with Crippen LogP contribution in [0.4, 0.5) is 5.69 Å². The lowest BCUT2D eigenvalue weighted by Crippen LogP contribution is -2.43. The molecular formula is C31H41N3O6S. The van der Waals surface area contributed by atoms with Crippen LogP contribution in [0.5, 0.6) is 11.5 Å². The number of unbranched alkanes of at least 4 members (excludes halogenated alkanes) is 1. The summed E-state index contributed by atoms with van der Waals surface area (Å²) in [6, 6.07) is 19.4. The highest BCUT2D eigenvalue weighted by Crippen LogP contribution is 2.28. The lowest BCUT2D eigenvalue weighted by Gasteiger charge is -2.28. The van der Waals surface area contributed by atoms with Gasteiger partial charge in [-0.15, -0.1) is 0 Å². The monoisotopic (exact) mass is 583 g/mol. The van der Waals surface area contributed by atoms with Crippen molar-refractivity contribution in [3.05, 3.63) is 89.0 Å². The van der Waals surface area contributed by atoms with Gasteiger partial charge in [0.1, 0.15) is 11.5 Å². The van der Waals surface area contributed by atoms with Crippen molar-refractivity contribution < 1.29 is 28.5 Å². The number of hydrogen-bond acceptors (Lipinski definition) is 7.